The number of thioether (sulfide) groups is 1. The lowest BCUT2D eigenvalue weighted by atomic mass is 9.94. The van der Waals surface area contributed by atoms with Crippen molar-refractivity contribution in [3.8, 4) is 12.1 Å². The van der Waals surface area contributed by atoms with Crippen LogP contribution < -0.4 is 11.1 Å². The number of carbonyl (C=O) groups excluding carboxylic acids is 1. The summed E-state index contributed by atoms with van der Waals surface area (Å²) in [7, 11) is 0. The lowest BCUT2D eigenvalue weighted by Crippen LogP contribution is -2.24. The number of nitrogens with zero attached hydrogens (tertiary/aromatic N) is 3. The Bertz CT molecular complexity index is 1080. The summed E-state index contributed by atoms with van der Waals surface area (Å²) < 4.78 is 54.2. The molecule has 1 amide bonds. The molecule has 1 aromatic heterocycles. The number of amides is 1. The fraction of sp³-hybridized carbons (Fsp3) is 0.263. The van der Waals surface area contributed by atoms with Gasteiger partial charge in [-0.15, -0.1) is 0 Å². The van der Waals surface area contributed by atoms with E-state index in [0.717, 1.165) is 11.8 Å². The fourth-order valence-corrected chi connectivity index (χ4v) is 3.54. The molecular weight excluding hydrogens is 422 g/mol. The third-order valence-corrected chi connectivity index (χ3v) is 5.14. The van der Waals surface area contributed by atoms with Crippen LogP contribution in [0, 0.1) is 45.9 Å². The van der Waals surface area contributed by atoms with Gasteiger partial charge >= 0.3 is 0 Å². The quantitative estimate of drug-likeness (QED) is 0.411. The van der Waals surface area contributed by atoms with E-state index in [1.54, 1.807) is 13.8 Å². The van der Waals surface area contributed by atoms with Crippen LogP contribution in [0.15, 0.2) is 11.1 Å². The van der Waals surface area contributed by atoms with Gasteiger partial charge in [-0.25, -0.2) is 22.5 Å². The predicted octanol–water partition coefficient (Wildman–Crippen LogP) is 4.21. The molecule has 1 unspecified atom stereocenters. The normalized spacial score (nSPS) is 11.7. The van der Waals surface area contributed by atoms with Crippen molar-refractivity contribution in [3.05, 3.63) is 46.0 Å². The minimum atomic E-state index is -1.75. The fourth-order valence-electron chi connectivity index (χ4n) is 2.62. The maximum Gasteiger partial charge on any atom is 0.237 e. The molecule has 156 valence electrons. The Kier molecular flexibility index (Phi) is 6.90. The average molecular weight is 437 g/mol. The summed E-state index contributed by atoms with van der Waals surface area (Å²) >= 11 is 0.740. The number of rotatable bonds is 5. The van der Waals surface area contributed by atoms with E-state index in [2.05, 4.69) is 4.98 Å². The highest BCUT2D eigenvalue weighted by atomic mass is 32.2. The van der Waals surface area contributed by atoms with E-state index >= 15 is 0 Å². The van der Waals surface area contributed by atoms with Crippen molar-refractivity contribution in [2.45, 2.75) is 37.0 Å². The SMILES string of the molecule is CC(Sc1nc(N)c(C#N)c(C(C)C)c1C#N)C(=O)Nc1c(F)c(F)cc(F)c1F. The van der Waals surface area contributed by atoms with Gasteiger partial charge in [0, 0.05) is 6.07 Å². The number of nitrogen functional groups attached to an aromatic ring is 1. The van der Waals surface area contributed by atoms with Gasteiger partial charge in [0.15, 0.2) is 23.3 Å². The van der Waals surface area contributed by atoms with Crippen LogP contribution in [0.5, 0.6) is 0 Å². The first-order chi connectivity index (χ1) is 14.0. The number of nitrogens with two attached hydrogens (primary N) is 1. The van der Waals surface area contributed by atoms with Crippen molar-refractivity contribution in [1.29, 1.82) is 10.5 Å². The second kappa shape index (κ2) is 9.01. The van der Waals surface area contributed by atoms with Crippen LogP contribution in [-0.2, 0) is 4.79 Å². The Balaban J connectivity index is 2.40. The molecule has 0 aliphatic carbocycles. The molecule has 1 atom stereocenters. The highest BCUT2D eigenvalue weighted by Crippen LogP contribution is 2.35. The number of anilines is 2. The molecule has 0 radical (unpaired) electrons. The molecule has 0 aliphatic heterocycles. The molecule has 2 aromatic rings. The van der Waals surface area contributed by atoms with Crippen LogP contribution in [0.3, 0.4) is 0 Å². The van der Waals surface area contributed by atoms with Crippen molar-refractivity contribution in [1.82, 2.24) is 4.98 Å². The van der Waals surface area contributed by atoms with Gasteiger partial charge in [0.2, 0.25) is 5.91 Å². The van der Waals surface area contributed by atoms with Gasteiger partial charge in [0.1, 0.15) is 28.7 Å². The van der Waals surface area contributed by atoms with Crippen molar-refractivity contribution < 1.29 is 22.4 Å². The number of nitriles is 2. The Hall–Kier alpha value is -3.31. The number of benzene rings is 1. The number of pyridine rings is 1. The Labute approximate surface area is 173 Å². The minimum Gasteiger partial charge on any atom is -0.383 e. The number of hydrogen-bond acceptors (Lipinski definition) is 6. The molecule has 0 bridgehead atoms. The second-order valence-corrected chi connectivity index (χ2v) is 7.77. The zero-order chi connectivity index (χ0) is 22.7. The van der Waals surface area contributed by atoms with Gasteiger partial charge in [-0.05, 0) is 18.4 Å². The zero-order valence-corrected chi connectivity index (χ0v) is 16.8. The molecule has 0 aliphatic rings. The second-order valence-electron chi connectivity index (χ2n) is 6.44. The standard InChI is InChI=1S/C19H15F4N5OS/c1-7(2)13-9(5-24)17(26)28-19(10(13)6-25)30-8(3)18(29)27-16-14(22)11(20)4-12(21)15(16)23/h4,7-8H,1-3H3,(H2,26,28)(H,27,29). The van der Waals surface area contributed by atoms with Gasteiger partial charge in [0.25, 0.3) is 0 Å². The first-order valence-corrected chi connectivity index (χ1v) is 9.35. The summed E-state index contributed by atoms with van der Waals surface area (Å²) in [4.78, 5) is 16.4. The molecule has 0 spiro atoms. The molecule has 2 rings (SSSR count). The van der Waals surface area contributed by atoms with Crippen molar-refractivity contribution in [2.75, 3.05) is 11.1 Å². The summed E-state index contributed by atoms with van der Waals surface area (Å²) in [6.07, 6.45) is 0. The van der Waals surface area contributed by atoms with Crippen molar-refractivity contribution >= 4 is 29.2 Å². The van der Waals surface area contributed by atoms with Gasteiger partial charge in [0.05, 0.1) is 16.4 Å². The van der Waals surface area contributed by atoms with E-state index in [-0.39, 0.29) is 34.0 Å². The summed E-state index contributed by atoms with van der Waals surface area (Å²) in [5, 5.41) is 19.6. The van der Waals surface area contributed by atoms with E-state index in [1.807, 2.05) is 17.5 Å². The minimum absolute atomic E-state index is 0.0224. The molecular formula is C19H15F4N5OS. The maximum absolute atomic E-state index is 13.8. The van der Waals surface area contributed by atoms with Crippen LogP contribution in [0.1, 0.15) is 43.4 Å². The van der Waals surface area contributed by atoms with Gasteiger partial charge in [-0.1, -0.05) is 25.6 Å². The number of halogens is 4. The van der Waals surface area contributed by atoms with Crippen molar-refractivity contribution in [3.63, 3.8) is 0 Å². The van der Waals surface area contributed by atoms with Crippen LogP contribution in [0.25, 0.3) is 0 Å². The van der Waals surface area contributed by atoms with Gasteiger partial charge < -0.3 is 11.1 Å². The molecule has 0 saturated carbocycles. The predicted molar refractivity (Wildman–Crippen MR) is 102 cm³/mol. The number of nitrogens with one attached hydrogen (secondary N) is 1. The molecule has 1 heterocycles. The molecule has 6 nitrogen and oxygen atoms in total. The first-order valence-electron chi connectivity index (χ1n) is 8.47. The first kappa shape index (κ1) is 23.0. The largest absolute Gasteiger partial charge is 0.383 e. The van der Waals surface area contributed by atoms with E-state index in [1.165, 1.54) is 6.92 Å². The van der Waals surface area contributed by atoms with Crippen LogP contribution in [0.2, 0.25) is 0 Å². The van der Waals surface area contributed by atoms with Crippen LogP contribution in [0.4, 0.5) is 29.1 Å². The topological polar surface area (TPSA) is 116 Å². The van der Waals surface area contributed by atoms with Crippen LogP contribution >= 0.6 is 11.8 Å². The maximum atomic E-state index is 13.8. The smallest absolute Gasteiger partial charge is 0.237 e. The van der Waals surface area contributed by atoms with Crippen LogP contribution in [-0.4, -0.2) is 16.1 Å². The van der Waals surface area contributed by atoms with E-state index in [4.69, 9.17) is 5.73 Å². The molecule has 3 N–H and O–H groups in total. The van der Waals surface area contributed by atoms with E-state index in [0.29, 0.717) is 5.56 Å². The average Bonchev–Trinajstić information content (AvgIpc) is 2.68. The Morgan fingerprint density at radius 3 is 2.10 bits per heavy atom. The highest BCUT2D eigenvalue weighted by molar-refractivity contribution is 8.00. The summed E-state index contributed by atoms with van der Waals surface area (Å²) in [5.41, 5.74) is 4.97. The number of hydrogen-bond donors (Lipinski definition) is 2. The van der Waals surface area contributed by atoms with Gasteiger partial charge in [-0.3, -0.25) is 4.79 Å². The van der Waals surface area contributed by atoms with E-state index < -0.39 is 40.1 Å². The number of aromatic nitrogens is 1. The Morgan fingerprint density at radius 2 is 1.63 bits per heavy atom. The Morgan fingerprint density at radius 1 is 1.10 bits per heavy atom. The summed E-state index contributed by atoms with van der Waals surface area (Å²) in [5.74, 6) is -8.23. The van der Waals surface area contributed by atoms with Gasteiger partial charge in [-0.2, -0.15) is 10.5 Å². The monoisotopic (exact) mass is 437 g/mol. The van der Waals surface area contributed by atoms with E-state index in [9.17, 15) is 32.9 Å². The molecule has 1 aromatic carbocycles. The molecule has 0 fully saturated rings. The molecule has 0 saturated heterocycles. The third-order valence-electron chi connectivity index (χ3n) is 4.05. The van der Waals surface area contributed by atoms with Crippen molar-refractivity contribution in [2.24, 2.45) is 0 Å². The molecule has 11 heteroatoms. The molecule has 30 heavy (non-hydrogen) atoms. The lowest BCUT2D eigenvalue weighted by Gasteiger charge is -2.17. The summed E-state index contributed by atoms with van der Waals surface area (Å²) in [6, 6.07) is 3.85. The third kappa shape index (κ3) is 4.31. The number of carbonyl (C=O) groups is 1. The highest BCUT2D eigenvalue weighted by Gasteiger charge is 2.27. The summed E-state index contributed by atoms with van der Waals surface area (Å²) in [6.45, 7) is 4.81. The zero-order valence-electron chi connectivity index (χ0n) is 16.0. The lowest BCUT2D eigenvalue weighted by molar-refractivity contribution is -0.115.